The van der Waals surface area contributed by atoms with Crippen molar-refractivity contribution in [2.45, 2.75) is 6.54 Å². The van der Waals surface area contributed by atoms with Gasteiger partial charge in [0.25, 0.3) is 5.69 Å². The fraction of sp³-hybridized carbons (Fsp3) is 0.353. The summed E-state index contributed by atoms with van der Waals surface area (Å²) in [6, 6.07) is 10.2. The molecule has 2 heterocycles. The first-order valence-corrected chi connectivity index (χ1v) is 7.76. The summed E-state index contributed by atoms with van der Waals surface area (Å²) in [6.45, 7) is 3.93. The lowest BCUT2D eigenvalue weighted by molar-refractivity contribution is -0.384. The number of pyridine rings is 1. The molecule has 7 heteroatoms. The molecule has 0 saturated carbocycles. The molecule has 24 heavy (non-hydrogen) atoms. The van der Waals surface area contributed by atoms with E-state index in [1.807, 2.05) is 12.1 Å². The number of methoxy groups -OCH3 is 1. The number of non-ortho nitro benzene ring substituents is 1. The summed E-state index contributed by atoms with van der Waals surface area (Å²) >= 11 is 0. The molecule has 0 unspecified atom stereocenters. The Morgan fingerprint density at radius 2 is 2.08 bits per heavy atom. The average molecular weight is 329 g/mol. The van der Waals surface area contributed by atoms with Crippen molar-refractivity contribution in [1.82, 2.24) is 9.88 Å². The molecule has 1 aliphatic heterocycles. The number of nitro groups is 1. The van der Waals surface area contributed by atoms with Crippen LogP contribution in [0.1, 0.15) is 5.69 Å². The first kappa shape index (κ1) is 16.4. The van der Waals surface area contributed by atoms with Gasteiger partial charge in [-0.05, 0) is 12.1 Å². The third-order valence-corrected chi connectivity index (χ3v) is 3.96. The number of rotatable bonds is 5. The number of nitrogens with zero attached hydrogens (tertiary/aromatic N) is 3. The van der Waals surface area contributed by atoms with Crippen LogP contribution in [-0.4, -0.2) is 48.2 Å². The van der Waals surface area contributed by atoms with Crippen LogP contribution in [0.5, 0.6) is 5.75 Å². The Morgan fingerprint density at radius 3 is 2.79 bits per heavy atom. The number of hydrogen-bond acceptors (Lipinski definition) is 6. The quantitative estimate of drug-likeness (QED) is 0.619. The van der Waals surface area contributed by atoms with Gasteiger partial charge in [-0.2, -0.15) is 0 Å². The van der Waals surface area contributed by atoms with Gasteiger partial charge in [0.2, 0.25) is 0 Å². The fourth-order valence-corrected chi connectivity index (χ4v) is 2.70. The van der Waals surface area contributed by atoms with E-state index >= 15 is 0 Å². The van der Waals surface area contributed by atoms with Gasteiger partial charge in [0.05, 0.1) is 30.9 Å². The van der Waals surface area contributed by atoms with Crippen LogP contribution in [0.3, 0.4) is 0 Å². The van der Waals surface area contributed by atoms with Gasteiger partial charge < -0.3 is 9.47 Å². The standard InChI is InChI=1S/C17H19N3O4/c1-23-16-6-5-14(12-19-7-9-24-10-8-19)18-17(16)13-3-2-4-15(11-13)20(21)22/h2-6,11H,7-10,12H2,1H3. The molecule has 1 aromatic heterocycles. The van der Waals surface area contributed by atoms with Gasteiger partial charge in [-0.1, -0.05) is 12.1 Å². The Hall–Kier alpha value is -2.51. The Labute approximate surface area is 140 Å². The van der Waals surface area contributed by atoms with E-state index in [0.717, 1.165) is 38.5 Å². The van der Waals surface area contributed by atoms with E-state index in [2.05, 4.69) is 9.88 Å². The smallest absolute Gasteiger partial charge is 0.270 e. The second-order valence-electron chi connectivity index (χ2n) is 5.55. The predicted molar refractivity (Wildman–Crippen MR) is 89.0 cm³/mol. The molecule has 0 bridgehead atoms. The third-order valence-electron chi connectivity index (χ3n) is 3.96. The molecule has 126 valence electrons. The first-order valence-electron chi connectivity index (χ1n) is 7.76. The Bertz CT molecular complexity index is 730. The van der Waals surface area contributed by atoms with Crippen LogP contribution >= 0.6 is 0 Å². The van der Waals surface area contributed by atoms with Crippen LogP contribution in [0.4, 0.5) is 5.69 Å². The van der Waals surface area contributed by atoms with E-state index in [1.165, 1.54) is 12.1 Å². The lowest BCUT2D eigenvalue weighted by Gasteiger charge is -2.26. The SMILES string of the molecule is COc1ccc(CN2CCOCC2)nc1-c1cccc([N+](=O)[O-])c1. The molecule has 7 nitrogen and oxygen atoms in total. The maximum absolute atomic E-state index is 11.0. The molecule has 0 spiro atoms. The molecular formula is C17H19N3O4. The zero-order valence-electron chi connectivity index (χ0n) is 13.5. The highest BCUT2D eigenvalue weighted by molar-refractivity contribution is 5.68. The normalized spacial score (nSPS) is 15.2. The van der Waals surface area contributed by atoms with Crippen LogP contribution in [0.25, 0.3) is 11.3 Å². The second-order valence-corrected chi connectivity index (χ2v) is 5.55. The second kappa shape index (κ2) is 7.37. The molecule has 0 atom stereocenters. The van der Waals surface area contributed by atoms with Gasteiger partial charge in [-0.3, -0.25) is 15.0 Å². The van der Waals surface area contributed by atoms with E-state index in [4.69, 9.17) is 9.47 Å². The molecule has 3 rings (SSSR count). The number of hydrogen-bond donors (Lipinski definition) is 0. The minimum atomic E-state index is -0.409. The highest BCUT2D eigenvalue weighted by atomic mass is 16.6. The van der Waals surface area contributed by atoms with Gasteiger partial charge in [-0.25, -0.2) is 4.98 Å². The largest absolute Gasteiger partial charge is 0.494 e. The summed E-state index contributed by atoms with van der Waals surface area (Å²) in [5, 5.41) is 11.0. The minimum absolute atomic E-state index is 0.0370. The Balaban J connectivity index is 1.91. The summed E-state index contributed by atoms with van der Waals surface area (Å²) in [7, 11) is 1.57. The number of morpholine rings is 1. The highest BCUT2D eigenvalue weighted by Gasteiger charge is 2.15. The summed E-state index contributed by atoms with van der Waals surface area (Å²) in [6.07, 6.45) is 0. The minimum Gasteiger partial charge on any atom is -0.494 e. The van der Waals surface area contributed by atoms with E-state index in [9.17, 15) is 10.1 Å². The molecule has 0 amide bonds. The maximum Gasteiger partial charge on any atom is 0.270 e. The van der Waals surface area contributed by atoms with Crippen molar-refractivity contribution in [3.8, 4) is 17.0 Å². The summed E-state index contributed by atoms with van der Waals surface area (Å²) in [4.78, 5) is 17.5. The van der Waals surface area contributed by atoms with Crippen molar-refractivity contribution in [3.05, 3.63) is 52.2 Å². The summed E-state index contributed by atoms with van der Waals surface area (Å²) < 4.78 is 10.7. The van der Waals surface area contributed by atoms with Crippen molar-refractivity contribution in [2.24, 2.45) is 0 Å². The lowest BCUT2D eigenvalue weighted by Crippen LogP contribution is -2.35. The molecule has 1 aliphatic rings. The van der Waals surface area contributed by atoms with Crippen LogP contribution in [0, 0.1) is 10.1 Å². The zero-order valence-corrected chi connectivity index (χ0v) is 13.5. The van der Waals surface area contributed by atoms with Crippen molar-refractivity contribution in [2.75, 3.05) is 33.4 Å². The van der Waals surface area contributed by atoms with E-state index in [-0.39, 0.29) is 5.69 Å². The van der Waals surface area contributed by atoms with Gasteiger partial charge in [0, 0.05) is 37.3 Å². The van der Waals surface area contributed by atoms with E-state index < -0.39 is 4.92 Å². The summed E-state index contributed by atoms with van der Waals surface area (Å²) in [5.74, 6) is 0.598. The van der Waals surface area contributed by atoms with Crippen LogP contribution in [0.15, 0.2) is 36.4 Å². The molecule has 0 N–H and O–H groups in total. The monoisotopic (exact) mass is 329 g/mol. The number of benzene rings is 1. The number of nitro benzene ring substituents is 1. The molecule has 0 aliphatic carbocycles. The van der Waals surface area contributed by atoms with Crippen LogP contribution in [0.2, 0.25) is 0 Å². The molecule has 1 fully saturated rings. The Kier molecular flexibility index (Phi) is 5.02. The van der Waals surface area contributed by atoms with Crippen molar-refractivity contribution < 1.29 is 14.4 Å². The van der Waals surface area contributed by atoms with Crippen molar-refractivity contribution >= 4 is 5.69 Å². The van der Waals surface area contributed by atoms with Gasteiger partial charge >= 0.3 is 0 Å². The van der Waals surface area contributed by atoms with Crippen LogP contribution in [-0.2, 0) is 11.3 Å². The highest BCUT2D eigenvalue weighted by Crippen LogP contribution is 2.30. The van der Waals surface area contributed by atoms with Gasteiger partial charge in [0.1, 0.15) is 11.4 Å². The van der Waals surface area contributed by atoms with Crippen LogP contribution < -0.4 is 4.74 Å². The van der Waals surface area contributed by atoms with Crippen molar-refractivity contribution in [1.29, 1.82) is 0 Å². The fourth-order valence-electron chi connectivity index (χ4n) is 2.70. The van der Waals surface area contributed by atoms with Gasteiger partial charge in [-0.15, -0.1) is 0 Å². The third kappa shape index (κ3) is 3.69. The number of ether oxygens (including phenoxy) is 2. The predicted octanol–water partition coefficient (Wildman–Crippen LogP) is 2.50. The molecular weight excluding hydrogens is 310 g/mol. The number of aromatic nitrogens is 1. The van der Waals surface area contributed by atoms with Crippen molar-refractivity contribution in [3.63, 3.8) is 0 Å². The zero-order chi connectivity index (χ0) is 16.9. The molecule has 1 aromatic carbocycles. The van der Waals surface area contributed by atoms with E-state index in [0.29, 0.717) is 17.0 Å². The maximum atomic E-state index is 11.0. The Morgan fingerprint density at radius 1 is 1.29 bits per heavy atom. The molecule has 1 saturated heterocycles. The first-order chi connectivity index (χ1) is 11.7. The molecule has 0 radical (unpaired) electrons. The van der Waals surface area contributed by atoms with Gasteiger partial charge in [0.15, 0.2) is 0 Å². The summed E-state index contributed by atoms with van der Waals surface area (Å²) in [5.41, 5.74) is 2.23. The lowest BCUT2D eigenvalue weighted by atomic mass is 10.1. The molecule has 2 aromatic rings. The average Bonchev–Trinajstić information content (AvgIpc) is 2.62. The topological polar surface area (TPSA) is 77.7 Å². The van der Waals surface area contributed by atoms with E-state index in [1.54, 1.807) is 19.2 Å².